The zero-order valence-corrected chi connectivity index (χ0v) is 12.0. The van der Waals surface area contributed by atoms with Crippen molar-refractivity contribution in [2.45, 2.75) is 25.9 Å². The van der Waals surface area contributed by atoms with E-state index in [1.54, 1.807) is 21.3 Å². The summed E-state index contributed by atoms with van der Waals surface area (Å²) in [5, 5.41) is 0. The molecule has 1 unspecified atom stereocenters. The van der Waals surface area contributed by atoms with Crippen molar-refractivity contribution in [3.63, 3.8) is 0 Å². The van der Waals surface area contributed by atoms with Crippen LogP contribution in [0.5, 0.6) is 0 Å². The highest BCUT2D eigenvalue weighted by Gasteiger charge is 2.36. The van der Waals surface area contributed by atoms with Crippen LogP contribution in [0, 0.1) is 0 Å². The second kappa shape index (κ2) is 7.12. The molecule has 0 aromatic rings. The highest BCUT2D eigenvalue weighted by molar-refractivity contribution is 6.66. The molecule has 1 atom stereocenters. The van der Waals surface area contributed by atoms with Gasteiger partial charge in [-0.25, -0.2) is 0 Å². The summed E-state index contributed by atoms with van der Waals surface area (Å²) in [6, 6.07) is 0. The van der Waals surface area contributed by atoms with E-state index >= 15 is 0 Å². The van der Waals surface area contributed by atoms with Gasteiger partial charge in [0.15, 0.2) is 0 Å². The molecule has 0 aromatic heterocycles. The van der Waals surface area contributed by atoms with E-state index in [-0.39, 0.29) is 6.10 Å². The summed E-state index contributed by atoms with van der Waals surface area (Å²) >= 11 is 0. The summed E-state index contributed by atoms with van der Waals surface area (Å²) in [5.41, 5.74) is 1.86. The molecule has 17 heavy (non-hydrogen) atoms. The zero-order chi connectivity index (χ0) is 12.7. The van der Waals surface area contributed by atoms with Crippen LogP contribution in [0.4, 0.5) is 0 Å². The summed E-state index contributed by atoms with van der Waals surface area (Å²) in [6.07, 6.45) is 2.09. The molecule has 1 aliphatic rings. The van der Waals surface area contributed by atoms with Gasteiger partial charge in [-0.1, -0.05) is 6.92 Å². The third kappa shape index (κ3) is 4.77. The smallest absolute Gasteiger partial charge is 0.496 e. The maximum Gasteiger partial charge on any atom is 0.532 e. The zero-order valence-electron chi connectivity index (χ0n) is 11.0. The largest absolute Gasteiger partial charge is 0.532 e. The number of hydrogen-bond acceptors (Lipinski definition) is 5. The molecule has 0 radical (unpaired) electrons. The van der Waals surface area contributed by atoms with Gasteiger partial charge in [-0.2, -0.15) is 0 Å². The molecule has 0 spiro atoms. The van der Waals surface area contributed by atoms with Gasteiger partial charge in [0.2, 0.25) is 0 Å². The van der Waals surface area contributed by atoms with Gasteiger partial charge in [-0.3, -0.25) is 0 Å². The Hall–Kier alpha value is -0.403. The second-order valence-corrected chi connectivity index (χ2v) is 6.56. The Morgan fingerprint density at radius 3 is 2.29 bits per heavy atom. The summed E-state index contributed by atoms with van der Waals surface area (Å²) < 4.78 is 26.8. The lowest BCUT2D eigenvalue weighted by molar-refractivity contribution is 0.132. The predicted molar refractivity (Wildman–Crippen MR) is 65.5 cm³/mol. The third-order valence-electron chi connectivity index (χ3n) is 2.54. The van der Waals surface area contributed by atoms with Crippen LogP contribution >= 0.6 is 0 Å². The fourth-order valence-corrected chi connectivity index (χ4v) is 2.90. The Balaban J connectivity index is 2.62. The fourth-order valence-electron chi connectivity index (χ4n) is 1.42. The van der Waals surface area contributed by atoms with E-state index in [0.29, 0.717) is 6.61 Å². The maximum atomic E-state index is 5.70. The van der Waals surface area contributed by atoms with Gasteiger partial charge in [0, 0.05) is 33.4 Å². The van der Waals surface area contributed by atoms with E-state index in [1.165, 1.54) is 0 Å². The van der Waals surface area contributed by atoms with Crippen molar-refractivity contribution in [3.05, 3.63) is 11.5 Å². The van der Waals surface area contributed by atoms with Crippen molar-refractivity contribution in [3.8, 4) is 0 Å². The molecule has 100 valence electrons. The average molecular weight is 262 g/mol. The molecule has 0 amide bonds. The Kier molecular flexibility index (Phi) is 6.14. The van der Waals surface area contributed by atoms with Gasteiger partial charge in [-0.15, -0.1) is 0 Å². The molecule has 0 N–H and O–H groups in total. The van der Waals surface area contributed by atoms with Crippen molar-refractivity contribution in [1.82, 2.24) is 0 Å². The first kappa shape index (κ1) is 14.7. The molecule has 1 heterocycles. The van der Waals surface area contributed by atoms with Crippen LogP contribution < -0.4 is 0 Å². The highest BCUT2D eigenvalue weighted by atomic mass is 28.4. The van der Waals surface area contributed by atoms with Crippen LogP contribution in [-0.4, -0.2) is 49.5 Å². The van der Waals surface area contributed by atoms with E-state index in [1.807, 2.05) is 5.70 Å². The van der Waals surface area contributed by atoms with Gasteiger partial charge in [0.05, 0.1) is 12.4 Å². The molecular weight excluding hydrogens is 240 g/mol. The van der Waals surface area contributed by atoms with Crippen LogP contribution in [0.3, 0.4) is 0 Å². The Morgan fingerprint density at radius 1 is 1.29 bits per heavy atom. The monoisotopic (exact) mass is 262 g/mol. The van der Waals surface area contributed by atoms with Gasteiger partial charge in [0.25, 0.3) is 0 Å². The number of ether oxygens (including phenoxy) is 2. The van der Waals surface area contributed by atoms with Crippen LogP contribution in [0.1, 0.15) is 19.8 Å². The molecule has 1 fully saturated rings. The molecule has 0 bridgehead atoms. The van der Waals surface area contributed by atoms with Gasteiger partial charge in [-0.05, 0) is 6.42 Å². The molecule has 6 heteroatoms. The van der Waals surface area contributed by atoms with Gasteiger partial charge >= 0.3 is 8.80 Å². The number of hydrogen-bond donors (Lipinski definition) is 0. The second-order valence-electron chi connectivity index (χ2n) is 3.84. The number of rotatable bonds is 9. The maximum absolute atomic E-state index is 5.70. The summed E-state index contributed by atoms with van der Waals surface area (Å²) in [7, 11) is 2.06. The standard InChI is InChI=1S/C11H22O5Si/c1-5-6-10(15-7-11-8-16-11)9-17(12-2,13-3)14-4/h9,11H,5-8H2,1-4H3/b10-9+. The lowest BCUT2D eigenvalue weighted by atomic mass is 10.3. The van der Waals surface area contributed by atoms with Crippen LogP contribution in [0.2, 0.25) is 0 Å². The minimum atomic E-state index is -2.70. The predicted octanol–water partition coefficient (Wildman–Crippen LogP) is 1.50. The Labute approximate surface area is 104 Å². The topological polar surface area (TPSA) is 49.5 Å². The van der Waals surface area contributed by atoms with Crippen molar-refractivity contribution < 1.29 is 22.8 Å². The Morgan fingerprint density at radius 2 is 1.88 bits per heavy atom. The SMILES string of the molecule is CCC/C(=C\[Si](OC)(OC)OC)OCC1CO1. The lowest BCUT2D eigenvalue weighted by Gasteiger charge is -2.22. The summed E-state index contributed by atoms with van der Waals surface area (Å²) in [6.45, 7) is 3.48. The van der Waals surface area contributed by atoms with Crippen LogP contribution in [-0.2, 0) is 22.8 Å². The van der Waals surface area contributed by atoms with E-state index in [9.17, 15) is 0 Å². The quantitative estimate of drug-likeness (QED) is 0.358. The summed E-state index contributed by atoms with van der Waals surface area (Å²) in [4.78, 5) is 0. The third-order valence-corrected chi connectivity index (χ3v) is 4.93. The molecule has 1 rings (SSSR count). The molecule has 0 saturated carbocycles. The first-order valence-electron chi connectivity index (χ1n) is 5.81. The molecule has 5 nitrogen and oxygen atoms in total. The molecule has 0 aromatic carbocycles. The normalized spacial score (nSPS) is 20.5. The van der Waals surface area contributed by atoms with E-state index < -0.39 is 8.80 Å². The van der Waals surface area contributed by atoms with E-state index in [2.05, 4.69) is 6.92 Å². The minimum Gasteiger partial charge on any atom is -0.496 e. The van der Waals surface area contributed by atoms with Crippen molar-refractivity contribution in [2.75, 3.05) is 34.5 Å². The first-order chi connectivity index (χ1) is 8.19. The number of epoxide rings is 1. The molecule has 1 aliphatic heterocycles. The fraction of sp³-hybridized carbons (Fsp3) is 0.818. The van der Waals surface area contributed by atoms with Crippen molar-refractivity contribution in [2.24, 2.45) is 0 Å². The van der Waals surface area contributed by atoms with E-state index in [4.69, 9.17) is 22.8 Å². The molecule has 1 saturated heterocycles. The first-order valence-corrected chi connectivity index (χ1v) is 7.61. The van der Waals surface area contributed by atoms with Crippen molar-refractivity contribution in [1.29, 1.82) is 0 Å². The van der Waals surface area contributed by atoms with Gasteiger partial charge in [0.1, 0.15) is 12.7 Å². The lowest BCUT2D eigenvalue weighted by Crippen LogP contribution is -2.41. The van der Waals surface area contributed by atoms with Crippen molar-refractivity contribution >= 4 is 8.80 Å². The average Bonchev–Trinajstić information content (AvgIpc) is 3.17. The van der Waals surface area contributed by atoms with Crippen LogP contribution in [0.15, 0.2) is 11.5 Å². The number of allylic oxidation sites excluding steroid dienone is 1. The molecular formula is C11H22O5Si. The summed E-state index contributed by atoms with van der Waals surface area (Å²) in [5.74, 6) is 0.861. The Bertz CT molecular complexity index is 240. The van der Waals surface area contributed by atoms with Crippen LogP contribution in [0.25, 0.3) is 0 Å². The minimum absolute atomic E-state index is 0.249. The van der Waals surface area contributed by atoms with E-state index in [0.717, 1.165) is 25.2 Å². The highest BCUT2D eigenvalue weighted by Crippen LogP contribution is 2.18. The van der Waals surface area contributed by atoms with Gasteiger partial charge < -0.3 is 22.8 Å². The molecule has 0 aliphatic carbocycles.